The van der Waals surface area contributed by atoms with Gasteiger partial charge < -0.3 is 10.5 Å². The van der Waals surface area contributed by atoms with Crippen molar-refractivity contribution in [2.24, 2.45) is 5.73 Å². The van der Waals surface area contributed by atoms with Crippen LogP contribution in [0.3, 0.4) is 0 Å². The molecule has 0 saturated heterocycles. The van der Waals surface area contributed by atoms with E-state index in [0.29, 0.717) is 6.54 Å². The van der Waals surface area contributed by atoms with Crippen molar-refractivity contribution in [3.05, 3.63) is 23.5 Å². The van der Waals surface area contributed by atoms with E-state index in [1.165, 1.54) is 25.7 Å². The Hall–Kier alpha value is -1.09. The summed E-state index contributed by atoms with van der Waals surface area (Å²) < 4.78 is 5.98. The number of aromatic nitrogens is 1. The average molecular weight is 250 g/mol. The number of nitrogens with zero attached hydrogens (tertiary/aromatic N) is 1. The predicted molar refractivity (Wildman–Crippen MR) is 75.7 cm³/mol. The minimum atomic E-state index is 0.244. The molecule has 0 saturated carbocycles. The lowest BCUT2D eigenvalue weighted by Gasteiger charge is -2.17. The molecule has 2 N–H and O–H groups in total. The van der Waals surface area contributed by atoms with Crippen molar-refractivity contribution in [1.29, 1.82) is 0 Å². The van der Waals surface area contributed by atoms with E-state index < -0.39 is 0 Å². The van der Waals surface area contributed by atoms with Crippen LogP contribution in [0.5, 0.6) is 5.75 Å². The van der Waals surface area contributed by atoms with Crippen LogP contribution in [0.25, 0.3) is 0 Å². The molecular formula is C15H26N2O. The van der Waals surface area contributed by atoms with Crippen molar-refractivity contribution in [3.63, 3.8) is 0 Å². The molecule has 3 nitrogen and oxygen atoms in total. The zero-order chi connectivity index (χ0) is 13.4. The zero-order valence-electron chi connectivity index (χ0n) is 11.9. The molecule has 3 heteroatoms. The first-order chi connectivity index (χ1) is 8.67. The van der Waals surface area contributed by atoms with E-state index in [-0.39, 0.29) is 6.10 Å². The molecule has 0 aromatic carbocycles. The Morgan fingerprint density at radius 1 is 1.33 bits per heavy atom. The minimum absolute atomic E-state index is 0.244. The second kappa shape index (κ2) is 8.09. The topological polar surface area (TPSA) is 48.1 Å². The van der Waals surface area contributed by atoms with E-state index in [9.17, 15) is 0 Å². The van der Waals surface area contributed by atoms with E-state index in [1.54, 1.807) is 0 Å². The summed E-state index contributed by atoms with van der Waals surface area (Å²) >= 11 is 0. The molecule has 0 aliphatic carbocycles. The van der Waals surface area contributed by atoms with Crippen LogP contribution in [0.15, 0.2) is 12.3 Å². The van der Waals surface area contributed by atoms with E-state index in [0.717, 1.165) is 23.4 Å². The summed E-state index contributed by atoms with van der Waals surface area (Å²) in [5, 5.41) is 0. The Morgan fingerprint density at radius 2 is 2.11 bits per heavy atom. The standard InChI is InChI=1S/C15H26N2O/c1-4-5-6-7-8-13(3)18-15-9-12(2)17-11-14(15)10-16/h9,11,13H,4-8,10,16H2,1-3H3. The van der Waals surface area contributed by atoms with Gasteiger partial charge in [0.2, 0.25) is 0 Å². The largest absolute Gasteiger partial charge is 0.490 e. The third kappa shape index (κ3) is 5.05. The van der Waals surface area contributed by atoms with Crippen molar-refractivity contribution in [2.45, 2.75) is 65.5 Å². The molecule has 1 aromatic rings. The van der Waals surface area contributed by atoms with Crippen LogP contribution in [-0.4, -0.2) is 11.1 Å². The molecule has 18 heavy (non-hydrogen) atoms. The van der Waals surface area contributed by atoms with Crippen LogP contribution in [0.2, 0.25) is 0 Å². The number of ether oxygens (including phenoxy) is 1. The number of nitrogens with two attached hydrogens (primary N) is 1. The highest BCUT2D eigenvalue weighted by Crippen LogP contribution is 2.21. The van der Waals surface area contributed by atoms with E-state index >= 15 is 0 Å². The first-order valence-electron chi connectivity index (χ1n) is 6.99. The minimum Gasteiger partial charge on any atom is -0.490 e. The molecule has 1 aromatic heterocycles. The maximum absolute atomic E-state index is 5.98. The third-order valence-electron chi connectivity index (χ3n) is 3.09. The first-order valence-corrected chi connectivity index (χ1v) is 6.99. The molecule has 0 bridgehead atoms. The fourth-order valence-electron chi connectivity index (χ4n) is 1.96. The molecule has 0 radical (unpaired) electrons. The van der Waals surface area contributed by atoms with Gasteiger partial charge in [-0.15, -0.1) is 0 Å². The van der Waals surface area contributed by atoms with Gasteiger partial charge in [-0.3, -0.25) is 4.98 Å². The number of unbranched alkanes of at least 4 members (excludes halogenated alkanes) is 3. The Kier molecular flexibility index (Phi) is 6.73. The highest BCUT2D eigenvalue weighted by Gasteiger charge is 2.08. The second-order valence-corrected chi connectivity index (χ2v) is 4.92. The molecule has 1 unspecified atom stereocenters. The molecule has 1 heterocycles. The van der Waals surface area contributed by atoms with Gasteiger partial charge in [-0.2, -0.15) is 0 Å². The van der Waals surface area contributed by atoms with Gasteiger partial charge in [-0.25, -0.2) is 0 Å². The number of aryl methyl sites for hydroxylation is 1. The molecule has 0 amide bonds. The SMILES string of the molecule is CCCCCCC(C)Oc1cc(C)ncc1CN. The van der Waals surface area contributed by atoms with Crippen molar-refractivity contribution in [1.82, 2.24) is 4.98 Å². The van der Waals surface area contributed by atoms with Gasteiger partial charge in [0.15, 0.2) is 0 Å². The summed E-state index contributed by atoms with van der Waals surface area (Å²) in [7, 11) is 0. The molecule has 102 valence electrons. The van der Waals surface area contributed by atoms with Crippen LogP contribution in [-0.2, 0) is 6.54 Å². The van der Waals surface area contributed by atoms with Crippen molar-refractivity contribution in [2.75, 3.05) is 0 Å². The Labute approximate surface area is 111 Å². The van der Waals surface area contributed by atoms with E-state index in [1.807, 2.05) is 19.2 Å². The summed E-state index contributed by atoms with van der Waals surface area (Å²) in [5.74, 6) is 0.896. The predicted octanol–water partition coefficient (Wildman–Crippen LogP) is 3.59. The summed E-state index contributed by atoms with van der Waals surface area (Å²) in [6.45, 7) is 6.81. The van der Waals surface area contributed by atoms with Gasteiger partial charge in [0.25, 0.3) is 0 Å². The van der Waals surface area contributed by atoms with Crippen LogP contribution >= 0.6 is 0 Å². The van der Waals surface area contributed by atoms with Crippen LogP contribution < -0.4 is 10.5 Å². The average Bonchev–Trinajstić information content (AvgIpc) is 2.35. The highest BCUT2D eigenvalue weighted by atomic mass is 16.5. The summed E-state index contributed by atoms with van der Waals surface area (Å²) in [6.07, 6.45) is 8.28. The molecule has 0 spiro atoms. The number of pyridine rings is 1. The monoisotopic (exact) mass is 250 g/mol. The maximum Gasteiger partial charge on any atom is 0.127 e. The Balaban J connectivity index is 2.47. The Bertz CT molecular complexity index is 352. The molecule has 0 aliphatic rings. The maximum atomic E-state index is 5.98. The molecular weight excluding hydrogens is 224 g/mol. The fourth-order valence-corrected chi connectivity index (χ4v) is 1.96. The quantitative estimate of drug-likeness (QED) is 0.717. The van der Waals surface area contributed by atoms with E-state index in [2.05, 4.69) is 18.8 Å². The lowest BCUT2D eigenvalue weighted by molar-refractivity contribution is 0.204. The van der Waals surface area contributed by atoms with Gasteiger partial charge in [0, 0.05) is 30.1 Å². The van der Waals surface area contributed by atoms with Gasteiger partial charge >= 0.3 is 0 Å². The first kappa shape index (κ1) is 15.0. The molecule has 1 rings (SSSR count). The zero-order valence-corrected chi connectivity index (χ0v) is 11.9. The molecule has 0 fully saturated rings. The second-order valence-electron chi connectivity index (χ2n) is 4.92. The van der Waals surface area contributed by atoms with Crippen LogP contribution in [0, 0.1) is 6.92 Å². The summed E-state index contributed by atoms with van der Waals surface area (Å²) in [5.41, 5.74) is 7.66. The van der Waals surface area contributed by atoms with Crippen LogP contribution in [0.4, 0.5) is 0 Å². The van der Waals surface area contributed by atoms with Gasteiger partial charge in [0.1, 0.15) is 5.75 Å². The lowest BCUT2D eigenvalue weighted by atomic mass is 10.1. The smallest absolute Gasteiger partial charge is 0.127 e. The van der Waals surface area contributed by atoms with Gasteiger partial charge in [-0.1, -0.05) is 26.2 Å². The van der Waals surface area contributed by atoms with Gasteiger partial charge in [-0.05, 0) is 26.7 Å². The summed E-state index contributed by atoms with van der Waals surface area (Å²) in [6, 6.07) is 1.98. The Morgan fingerprint density at radius 3 is 2.78 bits per heavy atom. The van der Waals surface area contributed by atoms with Crippen LogP contribution in [0.1, 0.15) is 57.2 Å². The van der Waals surface area contributed by atoms with Crippen molar-refractivity contribution >= 4 is 0 Å². The van der Waals surface area contributed by atoms with Gasteiger partial charge in [0.05, 0.1) is 6.10 Å². The number of hydrogen-bond acceptors (Lipinski definition) is 3. The normalized spacial score (nSPS) is 12.4. The van der Waals surface area contributed by atoms with E-state index in [4.69, 9.17) is 10.5 Å². The highest BCUT2D eigenvalue weighted by molar-refractivity contribution is 5.32. The fraction of sp³-hybridized carbons (Fsp3) is 0.667. The third-order valence-corrected chi connectivity index (χ3v) is 3.09. The number of rotatable bonds is 8. The molecule has 1 atom stereocenters. The van der Waals surface area contributed by atoms with Crippen molar-refractivity contribution < 1.29 is 4.74 Å². The summed E-state index contributed by atoms with van der Waals surface area (Å²) in [4.78, 5) is 4.24. The van der Waals surface area contributed by atoms with Crippen molar-refractivity contribution in [3.8, 4) is 5.75 Å². The lowest BCUT2D eigenvalue weighted by Crippen LogP contribution is -2.14. The molecule has 0 aliphatic heterocycles. The number of hydrogen-bond donors (Lipinski definition) is 1.